The van der Waals surface area contributed by atoms with Crippen LogP contribution in [0.3, 0.4) is 0 Å². The van der Waals surface area contributed by atoms with E-state index in [2.05, 4.69) is 9.82 Å². The standard InChI is InChI=1S/C15H19Cl2N3O2S/c1-8(2)20-11(5)15(10(4)18-20)19-23(21,22)14-6-9(3)12(16)7-13(14)17/h6-8,19H,1-5H3. The molecule has 0 aliphatic rings. The third kappa shape index (κ3) is 3.49. The largest absolute Gasteiger partial charge is 0.276 e. The van der Waals surface area contributed by atoms with Crippen LogP contribution in [0.4, 0.5) is 5.69 Å². The Morgan fingerprint density at radius 1 is 1.13 bits per heavy atom. The van der Waals surface area contributed by atoms with E-state index in [-0.39, 0.29) is 16.0 Å². The zero-order chi connectivity index (χ0) is 17.5. The van der Waals surface area contributed by atoms with Crippen molar-refractivity contribution in [2.45, 2.75) is 45.6 Å². The summed E-state index contributed by atoms with van der Waals surface area (Å²) < 4.78 is 29.8. The Labute approximate surface area is 146 Å². The molecule has 23 heavy (non-hydrogen) atoms. The fourth-order valence-corrected chi connectivity index (χ4v) is 4.35. The lowest BCUT2D eigenvalue weighted by molar-refractivity contribution is 0.516. The van der Waals surface area contributed by atoms with Gasteiger partial charge in [-0.3, -0.25) is 9.40 Å². The monoisotopic (exact) mass is 375 g/mol. The molecule has 2 aromatic rings. The first kappa shape index (κ1) is 18.1. The van der Waals surface area contributed by atoms with E-state index in [1.165, 1.54) is 12.1 Å². The molecule has 1 N–H and O–H groups in total. The molecule has 0 spiro atoms. The van der Waals surface area contributed by atoms with Crippen molar-refractivity contribution in [1.29, 1.82) is 0 Å². The number of sulfonamides is 1. The second kappa shape index (κ2) is 6.34. The Morgan fingerprint density at radius 3 is 2.26 bits per heavy atom. The summed E-state index contributed by atoms with van der Waals surface area (Å²) in [6, 6.07) is 3.03. The summed E-state index contributed by atoms with van der Waals surface area (Å²) in [5, 5.41) is 4.89. The molecule has 0 aliphatic carbocycles. The summed E-state index contributed by atoms with van der Waals surface area (Å²) in [6.07, 6.45) is 0. The zero-order valence-electron chi connectivity index (χ0n) is 13.6. The smallest absolute Gasteiger partial charge is 0.263 e. The van der Waals surface area contributed by atoms with Crippen molar-refractivity contribution in [1.82, 2.24) is 9.78 Å². The number of aromatic nitrogens is 2. The van der Waals surface area contributed by atoms with Crippen LogP contribution in [-0.2, 0) is 10.0 Å². The van der Waals surface area contributed by atoms with Crippen LogP contribution < -0.4 is 4.72 Å². The van der Waals surface area contributed by atoms with Crippen molar-refractivity contribution in [2.75, 3.05) is 4.72 Å². The van der Waals surface area contributed by atoms with Gasteiger partial charge in [0.1, 0.15) is 4.90 Å². The van der Waals surface area contributed by atoms with E-state index < -0.39 is 10.0 Å². The molecule has 1 heterocycles. The average molecular weight is 376 g/mol. The number of anilines is 1. The molecule has 0 saturated heterocycles. The summed E-state index contributed by atoms with van der Waals surface area (Å²) in [6.45, 7) is 9.28. The molecule has 0 fully saturated rings. The van der Waals surface area contributed by atoms with Gasteiger partial charge in [0.25, 0.3) is 10.0 Å². The Morgan fingerprint density at radius 2 is 1.74 bits per heavy atom. The SMILES string of the molecule is Cc1cc(S(=O)(=O)Nc2c(C)nn(C(C)C)c2C)c(Cl)cc1Cl. The highest BCUT2D eigenvalue weighted by atomic mass is 35.5. The highest BCUT2D eigenvalue weighted by Crippen LogP contribution is 2.31. The van der Waals surface area contributed by atoms with Gasteiger partial charge < -0.3 is 0 Å². The number of nitrogens with zero attached hydrogens (tertiary/aromatic N) is 2. The maximum atomic E-state index is 12.7. The quantitative estimate of drug-likeness (QED) is 0.855. The number of nitrogens with one attached hydrogen (secondary N) is 1. The van der Waals surface area contributed by atoms with Gasteiger partial charge >= 0.3 is 0 Å². The summed E-state index contributed by atoms with van der Waals surface area (Å²) in [5.74, 6) is 0. The minimum atomic E-state index is -3.83. The van der Waals surface area contributed by atoms with Crippen molar-refractivity contribution in [2.24, 2.45) is 0 Å². The lowest BCUT2D eigenvalue weighted by Crippen LogP contribution is -2.15. The van der Waals surface area contributed by atoms with E-state index >= 15 is 0 Å². The molecule has 8 heteroatoms. The molecule has 1 aromatic heterocycles. The van der Waals surface area contributed by atoms with Crippen LogP contribution in [0.15, 0.2) is 17.0 Å². The Bertz CT molecular complexity index is 858. The minimum Gasteiger partial charge on any atom is -0.276 e. The molecule has 0 aliphatic heterocycles. The van der Waals surface area contributed by atoms with Crippen molar-refractivity contribution in [3.05, 3.63) is 39.1 Å². The van der Waals surface area contributed by atoms with Gasteiger partial charge in [-0.15, -0.1) is 0 Å². The number of halogens is 2. The molecular formula is C15H19Cl2N3O2S. The summed E-state index contributed by atoms with van der Waals surface area (Å²) in [7, 11) is -3.83. The number of aryl methyl sites for hydroxylation is 2. The fraction of sp³-hybridized carbons (Fsp3) is 0.400. The van der Waals surface area contributed by atoms with Crippen LogP contribution in [-0.4, -0.2) is 18.2 Å². The maximum absolute atomic E-state index is 12.7. The predicted molar refractivity (Wildman–Crippen MR) is 94.1 cm³/mol. The Kier molecular flexibility index (Phi) is 4.99. The second-order valence-corrected chi connectivity index (χ2v) is 8.19. The maximum Gasteiger partial charge on any atom is 0.263 e. The van der Waals surface area contributed by atoms with Gasteiger partial charge in [-0.2, -0.15) is 5.10 Å². The van der Waals surface area contributed by atoms with Crippen molar-refractivity contribution < 1.29 is 8.42 Å². The fourth-order valence-electron chi connectivity index (χ4n) is 2.34. The molecular weight excluding hydrogens is 357 g/mol. The van der Waals surface area contributed by atoms with Crippen molar-refractivity contribution in [3.63, 3.8) is 0 Å². The van der Waals surface area contributed by atoms with Gasteiger partial charge in [-0.1, -0.05) is 23.2 Å². The number of benzene rings is 1. The second-order valence-electron chi connectivity index (χ2n) is 5.72. The van der Waals surface area contributed by atoms with Gasteiger partial charge in [-0.25, -0.2) is 8.42 Å². The first-order valence-electron chi connectivity index (χ1n) is 7.08. The zero-order valence-corrected chi connectivity index (χ0v) is 15.9. The Hall–Kier alpha value is -1.24. The van der Waals surface area contributed by atoms with Crippen molar-refractivity contribution in [3.8, 4) is 0 Å². The molecule has 0 amide bonds. The van der Waals surface area contributed by atoms with Gasteiger partial charge in [0, 0.05) is 11.1 Å². The van der Waals surface area contributed by atoms with E-state index in [9.17, 15) is 8.42 Å². The first-order chi connectivity index (χ1) is 10.5. The third-order valence-electron chi connectivity index (χ3n) is 3.55. The van der Waals surface area contributed by atoms with Gasteiger partial charge in [-0.05, 0) is 52.3 Å². The normalized spacial score (nSPS) is 12.0. The molecule has 0 radical (unpaired) electrons. The van der Waals surface area contributed by atoms with Gasteiger partial charge in [0.2, 0.25) is 0 Å². The van der Waals surface area contributed by atoms with E-state index in [0.717, 1.165) is 5.69 Å². The van der Waals surface area contributed by atoms with Gasteiger partial charge in [0.05, 0.1) is 22.1 Å². The molecule has 0 atom stereocenters. The summed E-state index contributed by atoms with van der Waals surface area (Å²) in [4.78, 5) is -0.00263. The molecule has 126 valence electrons. The number of rotatable bonds is 4. The predicted octanol–water partition coefficient (Wildman–Crippen LogP) is 4.50. The van der Waals surface area contributed by atoms with E-state index in [0.29, 0.717) is 22.0 Å². The van der Waals surface area contributed by atoms with Gasteiger partial charge in [0.15, 0.2) is 0 Å². The van der Waals surface area contributed by atoms with Crippen molar-refractivity contribution >= 4 is 38.9 Å². The summed E-state index contributed by atoms with van der Waals surface area (Å²) >= 11 is 12.0. The lowest BCUT2D eigenvalue weighted by Gasteiger charge is -2.12. The molecule has 0 saturated carbocycles. The van der Waals surface area contributed by atoms with Crippen LogP contribution in [0.1, 0.15) is 36.8 Å². The van der Waals surface area contributed by atoms with Crippen LogP contribution in [0.5, 0.6) is 0 Å². The third-order valence-corrected chi connectivity index (χ3v) is 5.77. The van der Waals surface area contributed by atoms with Crippen LogP contribution in [0.2, 0.25) is 10.0 Å². The van der Waals surface area contributed by atoms with Crippen LogP contribution >= 0.6 is 23.2 Å². The molecule has 2 rings (SSSR count). The van der Waals surface area contributed by atoms with Crippen LogP contribution in [0.25, 0.3) is 0 Å². The average Bonchev–Trinajstić information content (AvgIpc) is 2.70. The minimum absolute atomic E-state index is 0.00263. The highest BCUT2D eigenvalue weighted by molar-refractivity contribution is 7.92. The Balaban J connectivity index is 2.50. The highest BCUT2D eigenvalue weighted by Gasteiger charge is 2.23. The molecule has 5 nitrogen and oxygen atoms in total. The van der Waals surface area contributed by atoms with E-state index in [4.69, 9.17) is 23.2 Å². The van der Waals surface area contributed by atoms with E-state index in [1.807, 2.05) is 20.8 Å². The first-order valence-corrected chi connectivity index (χ1v) is 9.32. The topological polar surface area (TPSA) is 64.0 Å². The van der Waals surface area contributed by atoms with Crippen LogP contribution in [0, 0.1) is 20.8 Å². The molecule has 1 aromatic carbocycles. The number of hydrogen-bond donors (Lipinski definition) is 1. The molecule has 0 bridgehead atoms. The van der Waals surface area contributed by atoms with E-state index in [1.54, 1.807) is 18.5 Å². The number of hydrogen-bond acceptors (Lipinski definition) is 3. The lowest BCUT2D eigenvalue weighted by atomic mass is 10.2. The molecule has 0 unspecified atom stereocenters. The summed E-state index contributed by atoms with van der Waals surface area (Å²) in [5.41, 5.74) is 2.48.